The minimum atomic E-state index is -0.506. The Morgan fingerprint density at radius 2 is 1.97 bits per heavy atom. The smallest absolute Gasteiger partial charge is 0.251 e. The quantitative estimate of drug-likeness (QED) is 0.771. The van der Waals surface area contributed by atoms with Crippen molar-refractivity contribution in [3.8, 4) is 0 Å². The van der Waals surface area contributed by atoms with E-state index in [1.807, 2.05) is 31.2 Å². The number of rotatable bonds is 5. The number of halogens is 2. The maximum Gasteiger partial charge on any atom is 0.251 e. The highest BCUT2D eigenvalue weighted by Gasteiger charge is 2.55. The fourth-order valence-electron chi connectivity index (χ4n) is 4.35. The highest BCUT2D eigenvalue weighted by molar-refractivity contribution is 6.31. The van der Waals surface area contributed by atoms with E-state index in [0.29, 0.717) is 6.54 Å². The van der Waals surface area contributed by atoms with Crippen molar-refractivity contribution < 1.29 is 14.3 Å². The second-order valence-electron chi connectivity index (χ2n) is 8.48. The molecular weight excluding hydrogens is 391 g/mol. The average Bonchev–Trinajstić information content (AvgIpc) is 3.34. The van der Waals surface area contributed by atoms with Gasteiger partial charge in [0.1, 0.15) is 5.82 Å². The molecule has 4 rings (SSSR count). The van der Waals surface area contributed by atoms with Crippen LogP contribution in [0.5, 0.6) is 0 Å². The predicted octanol–water partition coefficient (Wildman–Crippen LogP) is 4.11. The van der Waals surface area contributed by atoms with Gasteiger partial charge < -0.3 is 15.3 Å². The van der Waals surface area contributed by atoms with Gasteiger partial charge in [0, 0.05) is 23.2 Å². The van der Waals surface area contributed by atoms with E-state index >= 15 is 0 Å². The van der Waals surface area contributed by atoms with Crippen LogP contribution in [0.1, 0.15) is 46.9 Å². The summed E-state index contributed by atoms with van der Waals surface area (Å²) in [5.41, 5.74) is 2.53. The van der Waals surface area contributed by atoms with E-state index in [1.54, 1.807) is 0 Å². The molecule has 29 heavy (non-hydrogen) atoms. The minimum Gasteiger partial charge on any atom is -0.387 e. The number of β-amino-alcohol motifs (C(OH)–C–C–N with tert-alkyl or cyclic N) is 1. The van der Waals surface area contributed by atoms with Gasteiger partial charge in [-0.3, -0.25) is 4.79 Å². The standard InChI is InChI=1S/C23H26ClFN2O2/c1-15-2-4-16(5-3-15)20(28)14-27-8-6-23(7-9-27)13-21(23)26-22(29)17-10-18(24)12-19(25)11-17/h2-5,10-12,20-21,28H,6-9,13-14H2,1H3,(H,26,29)/t20?,21-/m1/s1. The fourth-order valence-corrected chi connectivity index (χ4v) is 4.57. The van der Waals surface area contributed by atoms with Crippen LogP contribution in [0.2, 0.25) is 5.02 Å². The first-order valence-corrected chi connectivity index (χ1v) is 10.5. The van der Waals surface area contributed by atoms with E-state index in [-0.39, 0.29) is 28.0 Å². The first-order chi connectivity index (χ1) is 13.8. The first kappa shape index (κ1) is 20.3. The van der Waals surface area contributed by atoms with Gasteiger partial charge in [-0.2, -0.15) is 0 Å². The summed E-state index contributed by atoms with van der Waals surface area (Å²) in [6, 6.07) is 12.0. The summed E-state index contributed by atoms with van der Waals surface area (Å²) in [4.78, 5) is 14.7. The summed E-state index contributed by atoms with van der Waals surface area (Å²) < 4.78 is 13.5. The lowest BCUT2D eigenvalue weighted by Crippen LogP contribution is -2.40. The van der Waals surface area contributed by atoms with Crippen LogP contribution >= 0.6 is 11.6 Å². The van der Waals surface area contributed by atoms with Crippen molar-refractivity contribution in [2.24, 2.45) is 5.41 Å². The highest BCUT2D eigenvalue weighted by atomic mass is 35.5. The molecule has 2 aromatic carbocycles. The predicted molar refractivity (Wildman–Crippen MR) is 112 cm³/mol. The van der Waals surface area contributed by atoms with Gasteiger partial charge in [0.25, 0.3) is 5.91 Å². The molecule has 6 heteroatoms. The van der Waals surface area contributed by atoms with Gasteiger partial charge in [0.15, 0.2) is 0 Å². The third-order valence-corrected chi connectivity index (χ3v) is 6.58. The highest BCUT2D eigenvalue weighted by Crippen LogP contribution is 2.54. The Kier molecular flexibility index (Phi) is 5.65. The molecule has 2 aromatic rings. The molecular formula is C23H26ClFN2O2. The lowest BCUT2D eigenvalue weighted by molar-refractivity contribution is 0.0812. The lowest BCUT2D eigenvalue weighted by Gasteiger charge is -2.34. The molecule has 2 atom stereocenters. The molecule has 0 radical (unpaired) electrons. The SMILES string of the molecule is Cc1ccc(C(O)CN2CCC3(CC2)C[C@H]3NC(=O)c2cc(F)cc(Cl)c2)cc1. The summed E-state index contributed by atoms with van der Waals surface area (Å²) in [5, 5.41) is 13.8. The van der Waals surface area contributed by atoms with E-state index in [1.165, 1.54) is 23.8 Å². The van der Waals surface area contributed by atoms with E-state index in [0.717, 1.165) is 37.9 Å². The van der Waals surface area contributed by atoms with E-state index in [4.69, 9.17) is 11.6 Å². The van der Waals surface area contributed by atoms with Crippen molar-refractivity contribution in [1.82, 2.24) is 10.2 Å². The van der Waals surface area contributed by atoms with Crippen LogP contribution < -0.4 is 5.32 Å². The Morgan fingerprint density at radius 3 is 2.62 bits per heavy atom. The Hall–Kier alpha value is -1.95. The number of benzene rings is 2. The molecule has 1 unspecified atom stereocenters. The minimum absolute atomic E-state index is 0.126. The molecule has 2 aliphatic rings. The maximum atomic E-state index is 13.5. The van der Waals surface area contributed by atoms with Gasteiger partial charge in [-0.25, -0.2) is 4.39 Å². The molecule has 1 amide bonds. The van der Waals surface area contributed by atoms with Gasteiger partial charge >= 0.3 is 0 Å². The molecule has 1 heterocycles. The van der Waals surface area contributed by atoms with Crippen LogP contribution in [-0.2, 0) is 0 Å². The normalized spacial score (nSPS) is 21.7. The molecule has 0 aromatic heterocycles. The van der Waals surface area contributed by atoms with Gasteiger partial charge in [-0.15, -0.1) is 0 Å². The van der Waals surface area contributed by atoms with Crippen molar-refractivity contribution in [3.05, 3.63) is 70.0 Å². The monoisotopic (exact) mass is 416 g/mol. The van der Waals surface area contributed by atoms with Crippen molar-refractivity contribution in [2.45, 2.75) is 38.3 Å². The summed E-state index contributed by atoms with van der Waals surface area (Å²) in [6.07, 6.45) is 2.44. The van der Waals surface area contributed by atoms with Crippen molar-refractivity contribution in [3.63, 3.8) is 0 Å². The van der Waals surface area contributed by atoms with Crippen LogP contribution in [0.3, 0.4) is 0 Å². The number of hydrogen-bond acceptors (Lipinski definition) is 3. The van der Waals surface area contributed by atoms with E-state index in [2.05, 4.69) is 10.2 Å². The summed E-state index contributed by atoms with van der Waals surface area (Å²) in [7, 11) is 0. The number of piperidine rings is 1. The van der Waals surface area contributed by atoms with Crippen LogP contribution in [0.4, 0.5) is 4.39 Å². The molecule has 2 N–H and O–H groups in total. The fraction of sp³-hybridized carbons (Fsp3) is 0.435. The van der Waals surface area contributed by atoms with Gasteiger partial charge in [0.2, 0.25) is 0 Å². The molecule has 1 saturated heterocycles. The van der Waals surface area contributed by atoms with Gasteiger partial charge in [0.05, 0.1) is 6.10 Å². The zero-order valence-corrected chi connectivity index (χ0v) is 17.3. The lowest BCUT2D eigenvalue weighted by atomic mass is 9.92. The number of hydrogen-bond donors (Lipinski definition) is 2. The summed E-state index contributed by atoms with van der Waals surface area (Å²) >= 11 is 5.85. The van der Waals surface area contributed by atoms with Crippen molar-refractivity contribution >= 4 is 17.5 Å². The number of likely N-dealkylation sites (tertiary alicyclic amines) is 1. The number of carbonyl (C=O) groups is 1. The molecule has 1 aliphatic carbocycles. The Balaban J connectivity index is 1.27. The largest absolute Gasteiger partial charge is 0.387 e. The molecule has 1 aliphatic heterocycles. The number of carbonyl (C=O) groups excluding carboxylic acids is 1. The molecule has 2 fully saturated rings. The number of nitrogens with zero attached hydrogens (tertiary/aromatic N) is 1. The van der Waals surface area contributed by atoms with Gasteiger partial charge in [-0.05, 0) is 68.5 Å². The third kappa shape index (κ3) is 4.63. The summed E-state index contributed by atoms with van der Waals surface area (Å²) in [5.74, 6) is -0.779. The van der Waals surface area contributed by atoms with Crippen LogP contribution in [0.25, 0.3) is 0 Å². The topological polar surface area (TPSA) is 52.6 Å². The zero-order valence-electron chi connectivity index (χ0n) is 16.5. The van der Waals surface area contributed by atoms with Crippen LogP contribution in [0, 0.1) is 18.2 Å². The molecule has 154 valence electrons. The third-order valence-electron chi connectivity index (χ3n) is 6.36. The van der Waals surface area contributed by atoms with Crippen LogP contribution in [-0.4, -0.2) is 41.6 Å². The molecule has 4 nitrogen and oxygen atoms in total. The van der Waals surface area contributed by atoms with Crippen molar-refractivity contribution in [2.75, 3.05) is 19.6 Å². The van der Waals surface area contributed by atoms with Gasteiger partial charge in [-0.1, -0.05) is 41.4 Å². The second kappa shape index (κ2) is 8.05. The number of aliphatic hydroxyl groups excluding tert-OH is 1. The number of aliphatic hydroxyl groups is 1. The number of amides is 1. The number of nitrogens with one attached hydrogen (secondary N) is 1. The zero-order chi connectivity index (χ0) is 20.6. The molecule has 1 saturated carbocycles. The second-order valence-corrected chi connectivity index (χ2v) is 8.91. The Bertz CT molecular complexity index is 874. The van der Waals surface area contributed by atoms with E-state index in [9.17, 15) is 14.3 Å². The molecule has 0 bridgehead atoms. The van der Waals surface area contributed by atoms with Crippen LogP contribution in [0.15, 0.2) is 42.5 Å². The average molecular weight is 417 g/mol. The summed E-state index contributed by atoms with van der Waals surface area (Å²) in [6.45, 7) is 4.47. The van der Waals surface area contributed by atoms with Crippen molar-refractivity contribution in [1.29, 1.82) is 0 Å². The molecule has 1 spiro atoms. The van der Waals surface area contributed by atoms with E-state index < -0.39 is 11.9 Å². The maximum absolute atomic E-state index is 13.5. The first-order valence-electron chi connectivity index (χ1n) is 10.1. The number of aryl methyl sites for hydroxylation is 1. The Labute approximate surface area is 175 Å². The Morgan fingerprint density at radius 1 is 1.28 bits per heavy atom.